The van der Waals surface area contributed by atoms with Crippen LogP contribution in [0.4, 0.5) is 19.3 Å². The average molecular weight is 413 g/mol. The highest BCUT2D eigenvalue weighted by Gasteiger charge is 2.26. The number of benzene rings is 2. The molecule has 30 heavy (non-hydrogen) atoms. The molecule has 9 heteroatoms. The van der Waals surface area contributed by atoms with E-state index in [-0.39, 0.29) is 35.2 Å². The van der Waals surface area contributed by atoms with Gasteiger partial charge < -0.3 is 15.4 Å². The molecular weight excluding hydrogens is 392 g/mol. The minimum atomic E-state index is -0.965. The van der Waals surface area contributed by atoms with Crippen molar-refractivity contribution in [3.05, 3.63) is 64.7 Å². The molecule has 0 aliphatic carbocycles. The summed E-state index contributed by atoms with van der Waals surface area (Å²) < 4.78 is 33.2. The molecule has 0 unspecified atom stereocenters. The number of anilines is 1. The van der Waals surface area contributed by atoms with Gasteiger partial charge in [0.1, 0.15) is 18.5 Å². The number of carbonyl (C=O) groups is 1. The number of ether oxygens (including phenoxy) is 1. The van der Waals surface area contributed by atoms with Gasteiger partial charge in [-0.1, -0.05) is 18.2 Å². The van der Waals surface area contributed by atoms with Crippen LogP contribution in [0.15, 0.2) is 36.4 Å². The molecule has 156 valence electrons. The molecule has 0 spiro atoms. The Balaban J connectivity index is 1.73. The molecule has 1 amide bonds. The number of guanidine groups is 1. The molecule has 0 aromatic heterocycles. The minimum Gasteiger partial charge on any atom is -0.444 e. The van der Waals surface area contributed by atoms with Crippen molar-refractivity contribution in [2.45, 2.75) is 25.4 Å². The molecule has 0 bridgehead atoms. The first kappa shape index (κ1) is 21.0. The minimum absolute atomic E-state index is 0.114. The van der Waals surface area contributed by atoms with E-state index in [2.05, 4.69) is 0 Å². The summed E-state index contributed by atoms with van der Waals surface area (Å²) in [4.78, 5) is 13.3. The molecule has 0 radical (unpaired) electrons. The second kappa shape index (κ2) is 9.22. The summed E-state index contributed by atoms with van der Waals surface area (Å²) in [7, 11) is 0. The lowest BCUT2D eigenvalue weighted by molar-refractivity contribution is 0.143. The molecular formula is C21H21F2N5O2. The number of carbonyl (C=O) groups excluding carboxylic acids is 1. The predicted octanol–water partition coefficient (Wildman–Crippen LogP) is 3.34. The zero-order chi connectivity index (χ0) is 21.7. The standard InChI is InChI=1S/C21H21F2N5O2/c22-17-5-3-13(4-6-17)14-7-9-28(10-8-14)19-15(11-24)1-2-16(18(19)23)12-30-21(29)27-20(25)26/h1-6,14H,7-10,12H2,(H4,25,26,27,29). The van der Waals surface area contributed by atoms with Crippen LogP contribution in [0.3, 0.4) is 0 Å². The quantitative estimate of drug-likeness (QED) is 0.525. The van der Waals surface area contributed by atoms with Gasteiger partial charge >= 0.3 is 6.09 Å². The smallest absolute Gasteiger partial charge is 0.414 e. The van der Waals surface area contributed by atoms with Crippen molar-refractivity contribution in [3.8, 4) is 6.07 Å². The average Bonchev–Trinajstić information content (AvgIpc) is 2.73. The van der Waals surface area contributed by atoms with Crippen LogP contribution in [-0.4, -0.2) is 25.1 Å². The van der Waals surface area contributed by atoms with Gasteiger partial charge in [-0.05, 0) is 42.5 Å². The molecule has 7 nitrogen and oxygen atoms in total. The van der Waals surface area contributed by atoms with Crippen molar-refractivity contribution in [1.29, 1.82) is 10.7 Å². The molecule has 1 aliphatic heterocycles. The normalized spacial score (nSPS) is 14.1. The van der Waals surface area contributed by atoms with Gasteiger partial charge in [0, 0.05) is 18.7 Å². The molecule has 2 aromatic carbocycles. The predicted molar refractivity (Wildman–Crippen MR) is 107 cm³/mol. The maximum Gasteiger partial charge on any atom is 0.414 e. The lowest BCUT2D eigenvalue weighted by Crippen LogP contribution is -2.36. The maximum absolute atomic E-state index is 15.2. The zero-order valence-electron chi connectivity index (χ0n) is 16.1. The summed E-state index contributed by atoms with van der Waals surface area (Å²) in [6.07, 6.45) is 0.503. The van der Waals surface area contributed by atoms with Crippen LogP contribution in [0.2, 0.25) is 0 Å². The van der Waals surface area contributed by atoms with Gasteiger partial charge in [0.2, 0.25) is 0 Å². The Bertz CT molecular complexity index is 980. The highest BCUT2D eigenvalue weighted by atomic mass is 19.1. The Morgan fingerprint density at radius 3 is 2.50 bits per heavy atom. The Morgan fingerprint density at radius 1 is 1.23 bits per heavy atom. The summed E-state index contributed by atoms with van der Waals surface area (Å²) in [6, 6.07) is 11.3. The van der Waals surface area contributed by atoms with Crippen LogP contribution in [0.25, 0.3) is 0 Å². The van der Waals surface area contributed by atoms with E-state index >= 15 is 4.39 Å². The lowest BCUT2D eigenvalue weighted by atomic mass is 9.89. The van der Waals surface area contributed by atoms with Crippen LogP contribution < -0.4 is 16.0 Å². The number of amides is 1. The second-order valence-corrected chi connectivity index (χ2v) is 6.97. The molecule has 2 aromatic rings. The number of piperidine rings is 1. The largest absolute Gasteiger partial charge is 0.444 e. The summed E-state index contributed by atoms with van der Waals surface area (Å²) >= 11 is 0. The van der Waals surface area contributed by atoms with Gasteiger partial charge in [-0.15, -0.1) is 0 Å². The maximum atomic E-state index is 15.2. The summed E-state index contributed by atoms with van der Waals surface area (Å²) in [5, 5.41) is 18.4. The van der Waals surface area contributed by atoms with Crippen LogP contribution in [-0.2, 0) is 11.3 Å². The van der Waals surface area contributed by atoms with E-state index in [1.165, 1.54) is 24.3 Å². The first-order valence-corrected chi connectivity index (χ1v) is 9.38. The van der Waals surface area contributed by atoms with Crippen molar-refractivity contribution < 1.29 is 18.3 Å². The van der Waals surface area contributed by atoms with E-state index < -0.39 is 17.9 Å². The fourth-order valence-corrected chi connectivity index (χ4v) is 3.58. The Morgan fingerprint density at radius 2 is 1.90 bits per heavy atom. The highest BCUT2D eigenvalue weighted by molar-refractivity contribution is 5.90. The first-order chi connectivity index (χ1) is 14.4. The van der Waals surface area contributed by atoms with Crippen LogP contribution in [0.5, 0.6) is 0 Å². The SMILES string of the molecule is N#Cc1ccc(COC(=O)NC(=N)N)c(F)c1N1CCC(c2ccc(F)cc2)CC1. The van der Waals surface area contributed by atoms with E-state index in [9.17, 15) is 14.4 Å². The third kappa shape index (κ3) is 4.84. The molecule has 1 saturated heterocycles. The highest BCUT2D eigenvalue weighted by Crippen LogP contribution is 2.34. The number of nitrogens with two attached hydrogens (primary N) is 1. The number of alkyl carbamates (subject to hydrolysis) is 1. The van der Waals surface area contributed by atoms with Gasteiger partial charge in [0.05, 0.1) is 11.3 Å². The van der Waals surface area contributed by atoms with Crippen LogP contribution in [0, 0.1) is 28.4 Å². The van der Waals surface area contributed by atoms with Gasteiger partial charge in [-0.3, -0.25) is 10.7 Å². The molecule has 1 heterocycles. The Kier molecular flexibility index (Phi) is 6.47. The van der Waals surface area contributed by atoms with Crippen molar-refractivity contribution in [1.82, 2.24) is 5.32 Å². The molecule has 4 N–H and O–H groups in total. The van der Waals surface area contributed by atoms with Crippen molar-refractivity contribution >= 4 is 17.7 Å². The number of nitrogens with zero attached hydrogens (tertiary/aromatic N) is 2. The van der Waals surface area contributed by atoms with Gasteiger partial charge in [-0.2, -0.15) is 5.26 Å². The molecule has 1 aliphatic rings. The van der Waals surface area contributed by atoms with E-state index in [0.717, 1.165) is 18.4 Å². The van der Waals surface area contributed by atoms with E-state index in [1.807, 2.05) is 16.3 Å². The molecule has 3 rings (SSSR count). The lowest BCUT2D eigenvalue weighted by Gasteiger charge is -2.34. The van der Waals surface area contributed by atoms with Gasteiger partial charge in [0.15, 0.2) is 11.8 Å². The molecule has 0 saturated carbocycles. The monoisotopic (exact) mass is 413 g/mol. The second-order valence-electron chi connectivity index (χ2n) is 6.97. The summed E-state index contributed by atoms with van der Waals surface area (Å²) in [6.45, 7) is 0.696. The number of hydrogen-bond donors (Lipinski definition) is 3. The van der Waals surface area contributed by atoms with E-state index in [0.29, 0.717) is 13.1 Å². The number of nitrogens with one attached hydrogen (secondary N) is 2. The fourth-order valence-electron chi connectivity index (χ4n) is 3.58. The fraction of sp³-hybridized carbons (Fsp3) is 0.286. The Hall–Kier alpha value is -3.67. The first-order valence-electron chi connectivity index (χ1n) is 9.38. The number of nitriles is 1. The number of rotatable bonds is 4. The van der Waals surface area contributed by atoms with Crippen LogP contribution in [0.1, 0.15) is 35.4 Å². The third-order valence-electron chi connectivity index (χ3n) is 5.06. The molecule has 1 fully saturated rings. The van der Waals surface area contributed by atoms with Gasteiger partial charge in [-0.25, -0.2) is 13.6 Å². The number of halogens is 2. The van der Waals surface area contributed by atoms with Crippen LogP contribution >= 0.6 is 0 Å². The number of hydrogen-bond acceptors (Lipinski definition) is 5. The Labute approximate surface area is 172 Å². The van der Waals surface area contributed by atoms with Crippen molar-refractivity contribution in [3.63, 3.8) is 0 Å². The van der Waals surface area contributed by atoms with Crippen molar-refractivity contribution in [2.24, 2.45) is 5.73 Å². The summed E-state index contributed by atoms with van der Waals surface area (Å²) in [5.41, 5.74) is 6.58. The third-order valence-corrected chi connectivity index (χ3v) is 5.06. The molecule has 0 atom stereocenters. The summed E-state index contributed by atoms with van der Waals surface area (Å²) in [5.74, 6) is -1.25. The zero-order valence-corrected chi connectivity index (χ0v) is 16.1. The topological polar surface area (TPSA) is 115 Å². The van der Waals surface area contributed by atoms with E-state index in [1.54, 1.807) is 12.1 Å². The van der Waals surface area contributed by atoms with Gasteiger partial charge in [0.25, 0.3) is 0 Å². The van der Waals surface area contributed by atoms with E-state index in [4.69, 9.17) is 15.9 Å². The van der Waals surface area contributed by atoms with Crippen molar-refractivity contribution in [2.75, 3.05) is 18.0 Å².